The molecule has 1 saturated heterocycles. The number of ether oxygens (including phenoxy) is 1. The Kier molecular flexibility index (Phi) is 6.12. The highest BCUT2D eigenvalue weighted by atomic mass is 32.2. The highest BCUT2D eigenvalue weighted by Crippen LogP contribution is 2.29. The number of rotatable bonds is 6. The van der Waals surface area contributed by atoms with Crippen molar-refractivity contribution < 1.29 is 9.53 Å². The SMILES string of the molecule is CCC(C(=O)NCC1(OC)CCSCC1)c1ccccc1. The molecule has 2 rings (SSSR count). The van der Waals surface area contributed by atoms with E-state index in [1.165, 1.54) is 0 Å². The largest absolute Gasteiger partial charge is 0.376 e. The van der Waals surface area contributed by atoms with E-state index in [9.17, 15) is 4.79 Å². The summed E-state index contributed by atoms with van der Waals surface area (Å²) in [5.41, 5.74) is 0.916. The van der Waals surface area contributed by atoms with Gasteiger partial charge in [-0.25, -0.2) is 0 Å². The zero-order valence-corrected chi connectivity index (χ0v) is 13.7. The lowest BCUT2D eigenvalue weighted by molar-refractivity contribution is -0.124. The number of benzene rings is 1. The van der Waals surface area contributed by atoms with Crippen LogP contribution >= 0.6 is 11.8 Å². The van der Waals surface area contributed by atoms with Crippen molar-refractivity contribution in [3.05, 3.63) is 35.9 Å². The zero-order chi connectivity index (χ0) is 15.1. The van der Waals surface area contributed by atoms with Crippen LogP contribution in [-0.4, -0.2) is 36.7 Å². The fourth-order valence-electron chi connectivity index (χ4n) is 2.83. The summed E-state index contributed by atoms with van der Waals surface area (Å²) in [6.45, 7) is 2.67. The second kappa shape index (κ2) is 7.85. The minimum atomic E-state index is -0.171. The normalized spacial score (nSPS) is 19.0. The molecule has 1 N–H and O–H groups in total. The fourth-order valence-corrected chi connectivity index (χ4v) is 4.06. The van der Waals surface area contributed by atoms with Crippen molar-refractivity contribution in [1.82, 2.24) is 5.32 Å². The molecule has 1 aliphatic heterocycles. The number of hydrogen-bond acceptors (Lipinski definition) is 3. The molecule has 3 nitrogen and oxygen atoms in total. The van der Waals surface area contributed by atoms with Crippen LogP contribution in [0.25, 0.3) is 0 Å². The van der Waals surface area contributed by atoms with Crippen LogP contribution in [0.1, 0.15) is 37.7 Å². The van der Waals surface area contributed by atoms with E-state index in [1.807, 2.05) is 42.1 Å². The third-order valence-corrected chi connectivity index (χ3v) is 5.33. The standard InChI is InChI=1S/C17H25NO2S/c1-3-15(14-7-5-4-6-8-14)16(19)18-13-17(20-2)9-11-21-12-10-17/h4-8,15H,3,9-13H2,1-2H3,(H,18,19). The van der Waals surface area contributed by atoms with E-state index < -0.39 is 0 Å². The first kappa shape index (κ1) is 16.4. The lowest BCUT2D eigenvalue weighted by Gasteiger charge is -2.36. The number of amides is 1. The molecule has 4 heteroatoms. The Balaban J connectivity index is 1.96. The third kappa shape index (κ3) is 4.24. The van der Waals surface area contributed by atoms with E-state index in [-0.39, 0.29) is 17.4 Å². The number of thioether (sulfide) groups is 1. The van der Waals surface area contributed by atoms with Gasteiger partial charge < -0.3 is 10.1 Å². The molecule has 0 bridgehead atoms. The molecule has 1 fully saturated rings. The monoisotopic (exact) mass is 307 g/mol. The van der Waals surface area contributed by atoms with Gasteiger partial charge >= 0.3 is 0 Å². The van der Waals surface area contributed by atoms with Crippen molar-refractivity contribution >= 4 is 17.7 Å². The Hall–Kier alpha value is -1.00. The van der Waals surface area contributed by atoms with Gasteiger partial charge in [-0.3, -0.25) is 4.79 Å². The Morgan fingerprint density at radius 2 is 2.00 bits per heavy atom. The van der Waals surface area contributed by atoms with Crippen LogP contribution in [0.15, 0.2) is 30.3 Å². The molecule has 1 aliphatic rings. The van der Waals surface area contributed by atoms with Crippen LogP contribution in [0.5, 0.6) is 0 Å². The van der Waals surface area contributed by atoms with Crippen LogP contribution in [0.4, 0.5) is 0 Å². The van der Waals surface area contributed by atoms with Gasteiger partial charge in [0.2, 0.25) is 5.91 Å². The number of methoxy groups -OCH3 is 1. The van der Waals surface area contributed by atoms with Crippen molar-refractivity contribution in [2.24, 2.45) is 0 Å². The van der Waals surface area contributed by atoms with E-state index in [4.69, 9.17) is 4.74 Å². The molecule has 0 radical (unpaired) electrons. The van der Waals surface area contributed by atoms with Crippen LogP contribution in [0.3, 0.4) is 0 Å². The van der Waals surface area contributed by atoms with Crippen molar-refractivity contribution in [3.8, 4) is 0 Å². The molecule has 1 aromatic carbocycles. The van der Waals surface area contributed by atoms with Gasteiger partial charge in [0.15, 0.2) is 0 Å². The molecule has 0 spiro atoms. The molecule has 116 valence electrons. The maximum absolute atomic E-state index is 12.5. The average molecular weight is 307 g/mol. The van der Waals surface area contributed by atoms with Crippen LogP contribution < -0.4 is 5.32 Å². The van der Waals surface area contributed by atoms with Crippen molar-refractivity contribution in [2.75, 3.05) is 25.2 Å². The first-order valence-electron chi connectivity index (χ1n) is 7.66. The first-order chi connectivity index (χ1) is 10.2. The predicted molar refractivity (Wildman–Crippen MR) is 88.8 cm³/mol. The van der Waals surface area contributed by atoms with Gasteiger partial charge in [0.05, 0.1) is 11.5 Å². The van der Waals surface area contributed by atoms with Gasteiger partial charge in [-0.2, -0.15) is 11.8 Å². The Bertz CT molecular complexity index is 443. The lowest BCUT2D eigenvalue weighted by Crippen LogP contribution is -2.47. The van der Waals surface area contributed by atoms with Gasteiger partial charge in [-0.05, 0) is 36.3 Å². The van der Waals surface area contributed by atoms with Crippen molar-refractivity contribution in [1.29, 1.82) is 0 Å². The lowest BCUT2D eigenvalue weighted by atomic mass is 9.93. The molecule has 1 aromatic rings. The third-order valence-electron chi connectivity index (χ3n) is 4.35. The van der Waals surface area contributed by atoms with Gasteiger partial charge in [-0.1, -0.05) is 37.3 Å². The minimum Gasteiger partial charge on any atom is -0.376 e. The number of carbonyl (C=O) groups is 1. The van der Waals surface area contributed by atoms with Gasteiger partial charge in [0, 0.05) is 13.7 Å². The molecule has 0 saturated carbocycles. The highest BCUT2D eigenvalue weighted by Gasteiger charge is 2.33. The summed E-state index contributed by atoms with van der Waals surface area (Å²) in [6, 6.07) is 10.0. The molecule has 1 unspecified atom stereocenters. The maximum atomic E-state index is 12.5. The number of nitrogens with one attached hydrogen (secondary N) is 1. The topological polar surface area (TPSA) is 38.3 Å². The summed E-state index contributed by atoms with van der Waals surface area (Å²) >= 11 is 1.96. The summed E-state index contributed by atoms with van der Waals surface area (Å²) < 4.78 is 5.72. The maximum Gasteiger partial charge on any atom is 0.227 e. The molecule has 1 atom stereocenters. The average Bonchev–Trinajstić information content (AvgIpc) is 2.55. The van der Waals surface area contributed by atoms with E-state index >= 15 is 0 Å². The Morgan fingerprint density at radius 3 is 2.57 bits per heavy atom. The van der Waals surface area contributed by atoms with Gasteiger partial charge in [-0.15, -0.1) is 0 Å². The fraction of sp³-hybridized carbons (Fsp3) is 0.588. The molecular weight excluding hydrogens is 282 g/mol. The molecule has 0 aromatic heterocycles. The summed E-state index contributed by atoms with van der Waals surface area (Å²) in [5.74, 6) is 2.26. The van der Waals surface area contributed by atoms with E-state index in [0.29, 0.717) is 6.54 Å². The summed E-state index contributed by atoms with van der Waals surface area (Å²) in [6.07, 6.45) is 2.83. The first-order valence-corrected chi connectivity index (χ1v) is 8.82. The summed E-state index contributed by atoms with van der Waals surface area (Å²) in [4.78, 5) is 12.5. The van der Waals surface area contributed by atoms with Crippen molar-refractivity contribution in [2.45, 2.75) is 37.7 Å². The number of carbonyl (C=O) groups excluding carboxylic acids is 1. The molecule has 21 heavy (non-hydrogen) atoms. The van der Waals surface area contributed by atoms with Crippen LogP contribution in [-0.2, 0) is 9.53 Å². The Labute approximate surface area is 131 Å². The van der Waals surface area contributed by atoms with E-state index in [1.54, 1.807) is 7.11 Å². The Morgan fingerprint density at radius 1 is 1.33 bits per heavy atom. The zero-order valence-electron chi connectivity index (χ0n) is 12.9. The molecule has 1 amide bonds. The summed E-state index contributed by atoms with van der Waals surface area (Å²) in [7, 11) is 1.76. The second-order valence-corrected chi connectivity index (χ2v) is 6.81. The van der Waals surface area contributed by atoms with E-state index in [0.717, 1.165) is 36.3 Å². The van der Waals surface area contributed by atoms with Crippen LogP contribution in [0, 0.1) is 0 Å². The smallest absolute Gasteiger partial charge is 0.227 e. The summed E-state index contributed by atoms with van der Waals surface area (Å²) in [5, 5.41) is 3.12. The number of hydrogen-bond donors (Lipinski definition) is 1. The van der Waals surface area contributed by atoms with Gasteiger partial charge in [0.25, 0.3) is 0 Å². The van der Waals surface area contributed by atoms with Gasteiger partial charge in [0.1, 0.15) is 0 Å². The second-order valence-electron chi connectivity index (χ2n) is 5.59. The highest BCUT2D eigenvalue weighted by molar-refractivity contribution is 7.99. The predicted octanol–water partition coefficient (Wildman–Crippen LogP) is 3.21. The van der Waals surface area contributed by atoms with E-state index in [2.05, 4.69) is 12.2 Å². The van der Waals surface area contributed by atoms with Crippen molar-refractivity contribution in [3.63, 3.8) is 0 Å². The minimum absolute atomic E-state index is 0.0712. The molecular formula is C17H25NO2S. The molecule has 1 heterocycles. The molecule has 0 aliphatic carbocycles. The van der Waals surface area contributed by atoms with Crippen LogP contribution in [0.2, 0.25) is 0 Å². The quantitative estimate of drug-likeness (QED) is 0.877.